The molecule has 2 heteroatoms. The number of aromatic nitrogens is 2. The molecule has 0 aliphatic heterocycles. The fourth-order valence-electron chi connectivity index (χ4n) is 6.12. The van der Waals surface area contributed by atoms with E-state index in [1.165, 1.54) is 4.57 Å². The number of para-hydroxylation sites is 2. The Bertz CT molecular complexity index is 3590. The standard InChI is InChI=1S/C45H32N2/c1-2-43-46-41-23-9-10-24-42(41)47(43)36-18-12-16-33(29-36)32-15-11-17-34(28-32)44-37-19-5-7-21-39(37)45(40-22-8-6-20-38(40)44)35-26-25-30-13-3-4-14-31(30)27-35/h3-29H,2H2,1H3/i1D3,2D2,3D,4D,5D,6D,7D,8D,13D,14D,19D,20D,21D,22D,25D,26D,27D. The summed E-state index contributed by atoms with van der Waals surface area (Å²) >= 11 is 0. The Kier molecular flexibility index (Phi) is 3.26. The van der Waals surface area contributed by atoms with Crippen molar-refractivity contribution in [1.82, 2.24) is 9.55 Å². The van der Waals surface area contributed by atoms with Gasteiger partial charge in [0, 0.05) is 18.9 Å². The highest BCUT2D eigenvalue weighted by atomic mass is 15.1. The van der Waals surface area contributed by atoms with Crippen LogP contribution in [-0.4, -0.2) is 9.55 Å². The lowest BCUT2D eigenvalue weighted by molar-refractivity contribution is 0.908. The molecule has 1 aromatic heterocycles. The van der Waals surface area contributed by atoms with Crippen molar-refractivity contribution in [2.75, 3.05) is 0 Å². The molecule has 1 heterocycles. The highest BCUT2D eigenvalue weighted by Crippen LogP contribution is 2.44. The number of aryl methyl sites for hydroxylation is 1. The first kappa shape index (κ1) is 13.8. The van der Waals surface area contributed by atoms with E-state index in [1.54, 1.807) is 72.8 Å². The maximum atomic E-state index is 9.45. The summed E-state index contributed by atoms with van der Waals surface area (Å²) < 4.78 is 177. The Hall–Kier alpha value is -5.99. The molecule has 9 rings (SSSR count). The van der Waals surface area contributed by atoms with Crippen molar-refractivity contribution in [2.45, 2.75) is 13.2 Å². The molecule has 0 radical (unpaired) electrons. The SMILES string of the molecule is [2H]c1c([2H])c([2H])c2c([2H])c(-c3c4c([2H])c([2H])c([2H])c([2H])c4c(-c4cccc(-c5cccc(-n6c(C([2H])([2H])C([2H])([2H])[2H])nc7ccccc76)c5)c4)c4c([2H])c([2H])c([2H])c([2H])c34)c([2H])c([2H])c2c1[2H]. The molecular weight excluding hydrogens is 569 g/mol. The van der Waals surface area contributed by atoms with Crippen molar-refractivity contribution >= 4 is 43.4 Å². The number of benzene rings is 8. The maximum absolute atomic E-state index is 9.45. The zero-order valence-electron chi connectivity index (χ0n) is 44.3. The van der Waals surface area contributed by atoms with Crippen LogP contribution in [0.25, 0.3) is 82.4 Å². The molecule has 0 spiro atoms. The van der Waals surface area contributed by atoms with Crippen molar-refractivity contribution < 1.29 is 27.4 Å². The summed E-state index contributed by atoms with van der Waals surface area (Å²) in [5, 5.41) is -2.23. The van der Waals surface area contributed by atoms with Gasteiger partial charge >= 0.3 is 0 Å². The molecule has 2 nitrogen and oxygen atoms in total. The molecule has 0 unspecified atom stereocenters. The van der Waals surface area contributed by atoms with Crippen LogP contribution in [-0.2, 0) is 6.37 Å². The van der Waals surface area contributed by atoms with Gasteiger partial charge in [0.1, 0.15) is 5.82 Å². The summed E-state index contributed by atoms with van der Waals surface area (Å²) in [7, 11) is 0. The molecule has 0 aliphatic rings. The second kappa shape index (κ2) is 11.1. The van der Waals surface area contributed by atoms with Gasteiger partial charge in [0.15, 0.2) is 0 Å². The minimum Gasteiger partial charge on any atom is -0.296 e. The van der Waals surface area contributed by atoms with E-state index < -0.39 is 126 Å². The van der Waals surface area contributed by atoms with Gasteiger partial charge in [-0.15, -0.1) is 0 Å². The largest absolute Gasteiger partial charge is 0.296 e. The second-order valence-corrected chi connectivity index (χ2v) is 10.8. The first-order valence-corrected chi connectivity index (χ1v) is 14.6. The Balaban J connectivity index is 1.41. The third kappa shape index (κ3) is 4.53. The van der Waals surface area contributed by atoms with Crippen LogP contribution in [0.3, 0.4) is 0 Å². The lowest BCUT2D eigenvalue weighted by Gasteiger charge is -2.18. The first-order chi connectivity index (χ1) is 31.4. The highest BCUT2D eigenvalue weighted by Gasteiger charge is 2.17. The molecule has 47 heavy (non-hydrogen) atoms. The van der Waals surface area contributed by atoms with Gasteiger partial charge in [0.05, 0.1) is 31.6 Å². The zero-order chi connectivity index (χ0) is 48.7. The molecule has 222 valence electrons. The number of hydrogen-bond acceptors (Lipinski definition) is 1. The Morgan fingerprint density at radius 2 is 1.21 bits per heavy atom. The van der Waals surface area contributed by atoms with Crippen LogP contribution >= 0.6 is 0 Å². The van der Waals surface area contributed by atoms with Crippen LogP contribution in [0.2, 0.25) is 0 Å². The normalized spacial score (nSPS) is 18.2. The fourth-order valence-corrected chi connectivity index (χ4v) is 6.12. The van der Waals surface area contributed by atoms with E-state index in [0.29, 0.717) is 27.8 Å². The van der Waals surface area contributed by atoms with E-state index >= 15 is 0 Å². The Labute approximate surface area is 302 Å². The van der Waals surface area contributed by atoms with Crippen molar-refractivity contribution in [3.05, 3.63) is 169 Å². The molecular formula is C45H32N2. The summed E-state index contributed by atoms with van der Waals surface area (Å²) in [6.07, 6.45) is -2.89. The molecule has 0 saturated carbocycles. The summed E-state index contributed by atoms with van der Waals surface area (Å²) in [4.78, 5) is 4.41. The number of rotatable bonds is 5. The van der Waals surface area contributed by atoms with E-state index in [2.05, 4.69) is 4.98 Å². The third-order valence-corrected chi connectivity index (χ3v) is 8.14. The van der Waals surface area contributed by atoms with Gasteiger partial charge in [0.25, 0.3) is 0 Å². The van der Waals surface area contributed by atoms with Gasteiger partial charge in [-0.1, -0.05) is 134 Å². The van der Waals surface area contributed by atoms with Gasteiger partial charge < -0.3 is 0 Å². The number of nitrogens with zero attached hydrogens (tertiary/aromatic N) is 2. The summed E-state index contributed by atoms with van der Waals surface area (Å²) in [5.74, 6) is -0.364. The maximum Gasteiger partial charge on any atom is 0.114 e. The number of hydrogen-bond donors (Lipinski definition) is 0. The van der Waals surface area contributed by atoms with Crippen LogP contribution in [0, 0.1) is 0 Å². The first-order valence-electron chi connectivity index (χ1n) is 24.6. The second-order valence-electron chi connectivity index (χ2n) is 10.8. The Morgan fingerprint density at radius 1 is 0.596 bits per heavy atom. The lowest BCUT2D eigenvalue weighted by Crippen LogP contribution is -2.00. The van der Waals surface area contributed by atoms with Crippen molar-refractivity contribution in [2.24, 2.45) is 0 Å². The predicted octanol–water partition coefficient (Wildman–Crippen LogP) is 12.0. The summed E-state index contributed by atoms with van der Waals surface area (Å²) in [6, 6.07) is 9.02. The van der Waals surface area contributed by atoms with Crippen LogP contribution in [0.4, 0.5) is 0 Å². The van der Waals surface area contributed by atoms with Gasteiger partial charge in [-0.2, -0.15) is 0 Å². The molecule has 0 amide bonds. The van der Waals surface area contributed by atoms with E-state index in [4.69, 9.17) is 19.2 Å². The van der Waals surface area contributed by atoms with E-state index in [0.717, 1.165) is 0 Å². The minimum atomic E-state index is -3.10. The smallest absolute Gasteiger partial charge is 0.114 e. The van der Waals surface area contributed by atoms with Crippen molar-refractivity contribution in [1.29, 1.82) is 0 Å². The van der Waals surface area contributed by atoms with E-state index in [-0.39, 0.29) is 38.5 Å². The van der Waals surface area contributed by atoms with E-state index in [9.17, 15) is 8.22 Å². The van der Waals surface area contributed by atoms with Gasteiger partial charge in [-0.05, 0) is 102 Å². The molecule has 0 N–H and O–H groups in total. The fraction of sp³-hybridized carbons (Fsp3) is 0.0444. The summed E-state index contributed by atoms with van der Waals surface area (Å²) in [6.45, 7) is -3.10. The lowest BCUT2D eigenvalue weighted by atomic mass is 9.85. The monoisotopic (exact) mass is 620 g/mol. The number of imidazole rings is 1. The molecule has 0 atom stereocenters. The van der Waals surface area contributed by atoms with Crippen LogP contribution in [0.15, 0.2) is 163 Å². The zero-order valence-corrected chi connectivity index (χ0v) is 24.3. The average Bonchev–Trinajstić information content (AvgIpc) is 3.71. The van der Waals surface area contributed by atoms with Crippen LogP contribution in [0.1, 0.15) is 40.1 Å². The molecule has 9 aromatic rings. The van der Waals surface area contributed by atoms with E-state index in [1.807, 2.05) is 0 Å². The number of fused-ring (bicyclic) bond motifs is 4. The minimum absolute atomic E-state index is 0.0774. The Morgan fingerprint density at radius 3 is 1.96 bits per heavy atom. The molecule has 0 aliphatic carbocycles. The van der Waals surface area contributed by atoms with Crippen LogP contribution < -0.4 is 0 Å². The summed E-state index contributed by atoms with van der Waals surface area (Å²) in [5.41, 5.74) is 1.19. The topological polar surface area (TPSA) is 17.8 Å². The van der Waals surface area contributed by atoms with Crippen LogP contribution in [0.5, 0.6) is 0 Å². The van der Waals surface area contributed by atoms with Gasteiger partial charge in [0.2, 0.25) is 0 Å². The molecule has 0 fully saturated rings. The highest BCUT2D eigenvalue weighted by molar-refractivity contribution is 6.21. The third-order valence-electron chi connectivity index (χ3n) is 8.14. The van der Waals surface area contributed by atoms with Gasteiger partial charge in [-0.3, -0.25) is 4.57 Å². The predicted molar refractivity (Wildman–Crippen MR) is 199 cm³/mol. The average molecular weight is 621 g/mol. The quantitative estimate of drug-likeness (QED) is 0.175. The van der Waals surface area contributed by atoms with Crippen molar-refractivity contribution in [3.63, 3.8) is 0 Å². The molecule has 8 aromatic carbocycles. The van der Waals surface area contributed by atoms with Gasteiger partial charge in [-0.25, -0.2) is 4.98 Å². The van der Waals surface area contributed by atoms with Crippen molar-refractivity contribution in [3.8, 4) is 39.1 Å². The molecule has 0 saturated heterocycles. The molecule has 0 bridgehead atoms.